The Hall–Kier alpha value is -1.84. The molecule has 120 valence electrons. The Morgan fingerprint density at radius 2 is 1.82 bits per heavy atom. The first-order valence-electron chi connectivity index (χ1n) is 7.89. The van der Waals surface area contributed by atoms with E-state index in [1.807, 2.05) is 30.9 Å². The molecule has 0 aliphatic carbocycles. The highest BCUT2D eigenvalue weighted by Crippen LogP contribution is 2.21. The van der Waals surface area contributed by atoms with Crippen molar-refractivity contribution in [3.8, 4) is 0 Å². The Labute approximate surface area is 132 Å². The van der Waals surface area contributed by atoms with E-state index in [-0.39, 0.29) is 12.5 Å². The SMILES string of the molecule is Cc1ccc(C)c(C(=O)OCC(=O)N2C[C@H](C)C[C@@H](C)C2)c1. The minimum absolute atomic E-state index is 0.0999. The van der Waals surface area contributed by atoms with Crippen LogP contribution in [0.25, 0.3) is 0 Å². The molecule has 0 bridgehead atoms. The minimum atomic E-state index is -0.423. The van der Waals surface area contributed by atoms with Crippen molar-refractivity contribution in [2.75, 3.05) is 19.7 Å². The summed E-state index contributed by atoms with van der Waals surface area (Å²) in [5.41, 5.74) is 2.40. The number of likely N-dealkylation sites (tertiary alicyclic amines) is 1. The summed E-state index contributed by atoms with van der Waals surface area (Å²) in [5.74, 6) is 0.481. The Bertz CT molecular complexity index is 557. The Balaban J connectivity index is 1.93. The molecule has 2 atom stereocenters. The summed E-state index contributed by atoms with van der Waals surface area (Å²) in [4.78, 5) is 26.2. The van der Waals surface area contributed by atoms with Crippen LogP contribution in [0.15, 0.2) is 18.2 Å². The van der Waals surface area contributed by atoms with Crippen LogP contribution in [0.2, 0.25) is 0 Å². The predicted molar refractivity (Wildman–Crippen MR) is 85.7 cm³/mol. The summed E-state index contributed by atoms with van der Waals surface area (Å²) >= 11 is 0. The van der Waals surface area contributed by atoms with E-state index in [2.05, 4.69) is 13.8 Å². The molecular formula is C18H25NO3. The number of aryl methyl sites for hydroxylation is 2. The molecule has 1 fully saturated rings. The molecule has 2 rings (SSSR count). The molecule has 1 heterocycles. The molecule has 0 radical (unpaired) electrons. The summed E-state index contributed by atoms with van der Waals surface area (Å²) < 4.78 is 5.22. The molecule has 0 saturated carbocycles. The van der Waals surface area contributed by atoms with Gasteiger partial charge in [-0.25, -0.2) is 4.79 Å². The summed E-state index contributed by atoms with van der Waals surface area (Å²) in [6.45, 7) is 9.43. The third-order valence-corrected chi connectivity index (χ3v) is 4.16. The lowest BCUT2D eigenvalue weighted by atomic mass is 9.92. The van der Waals surface area contributed by atoms with Gasteiger partial charge in [0.05, 0.1) is 5.56 Å². The molecule has 0 unspecified atom stereocenters. The molecule has 1 aliphatic heterocycles. The number of nitrogens with zero attached hydrogens (tertiary/aromatic N) is 1. The van der Waals surface area contributed by atoms with Crippen molar-refractivity contribution in [2.45, 2.75) is 34.1 Å². The van der Waals surface area contributed by atoms with Gasteiger partial charge in [0.2, 0.25) is 0 Å². The molecular weight excluding hydrogens is 278 g/mol. The number of esters is 1. The third-order valence-electron chi connectivity index (χ3n) is 4.16. The number of ether oxygens (including phenoxy) is 1. The first kappa shape index (κ1) is 16.5. The average Bonchev–Trinajstić information content (AvgIpc) is 2.45. The maximum Gasteiger partial charge on any atom is 0.338 e. The fraction of sp³-hybridized carbons (Fsp3) is 0.556. The lowest BCUT2D eigenvalue weighted by Gasteiger charge is -2.34. The second kappa shape index (κ2) is 6.95. The number of hydrogen-bond acceptors (Lipinski definition) is 3. The Kier molecular flexibility index (Phi) is 5.22. The molecule has 0 aromatic heterocycles. The number of rotatable bonds is 3. The smallest absolute Gasteiger partial charge is 0.338 e. The van der Waals surface area contributed by atoms with Gasteiger partial charge in [-0.15, -0.1) is 0 Å². The van der Waals surface area contributed by atoms with Crippen LogP contribution in [0, 0.1) is 25.7 Å². The number of hydrogen-bond donors (Lipinski definition) is 0. The Morgan fingerprint density at radius 3 is 2.45 bits per heavy atom. The van der Waals surface area contributed by atoms with Gasteiger partial charge >= 0.3 is 5.97 Å². The van der Waals surface area contributed by atoms with Crippen molar-refractivity contribution in [2.24, 2.45) is 11.8 Å². The van der Waals surface area contributed by atoms with Gasteiger partial charge in [0, 0.05) is 13.1 Å². The van der Waals surface area contributed by atoms with Gasteiger partial charge in [-0.3, -0.25) is 4.79 Å². The van der Waals surface area contributed by atoms with E-state index in [1.54, 1.807) is 6.07 Å². The zero-order chi connectivity index (χ0) is 16.3. The van der Waals surface area contributed by atoms with Gasteiger partial charge in [0.1, 0.15) is 0 Å². The number of amides is 1. The van der Waals surface area contributed by atoms with E-state index in [4.69, 9.17) is 4.74 Å². The largest absolute Gasteiger partial charge is 0.452 e. The molecule has 1 aromatic carbocycles. The van der Waals surface area contributed by atoms with E-state index in [1.165, 1.54) is 0 Å². The fourth-order valence-corrected chi connectivity index (χ4v) is 3.12. The number of carbonyl (C=O) groups excluding carboxylic acids is 2. The van der Waals surface area contributed by atoms with Crippen LogP contribution in [0.5, 0.6) is 0 Å². The highest BCUT2D eigenvalue weighted by molar-refractivity contribution is 5.92. The average molecular weight is 303 g/mol. The monoisotopic (exact) mass is 303 g/mol. The third kappa shape index (κ3) is 4.09. The molecule has 4 nitrogen and oxygen atoms in total. The maximum absolute atomic E-state index is 12.2. The molecule has 1 amide bonds. The van der Waals surface area contributed by atoms with Gasteiger partial charge in [0.15, 0.2) is 6.61 Å². The standard InChI is InChI=1S/C18H25NO3/c1-12-5-6-15(4)16(8-12)18(21)22-11-17(20)19-9-13(2)7-14(3)10-19/h5-6,8,13-14H,7,9-11H2,1-4H3/t13-,14-/m1/s1. The molecule has 22 heavy (non-hydrogen) atoms. The summed E-state index contributed by atoms with van der Waals surface area (Å²) in [6.07, 6.45) is 1.14. The van der Waals surface area contributed by atoms with Crippen molar-refractivity contribution < 1.29 is 14.3 Å². The van der Waals surface area contributed by atoms with Crippen molar-refractivity contribution in [3.63, 3.8) is 0 Å². The normalized spacial score (nSPS) is 21.5. The number of piperidine rings is 1. The molecule has 0 N–H and O–H groups in total. The lowest BCUT2D eigenvalue weighted by Crippen LogP contribution is -2.44. The summed E-state index contributed by atoms with van der Waals surface area (Å²) in [5, 5.41) is 0. The van der Waals surface area contributed by atoms with Crippen molar-refractivity contribution in [1.82, 2.24) is 4.90 Å². The van der Waals surface area contributed by atoms with Crippen LogP contribution in [-0.4, -0.2) is 36.5 Å². The minimum Gasteiger partial charge on any atom is -0.452 e. The van der Waals surface area contributed by atoms with Crippen LogP contribution >= 0.6 is 0 Å². The van der Waals surface area contributed by atoms with E-state index in [0.29, 0.717) is 17.4 Å². The van der Waals surface area contributed by atoms with Crippen LogP contribution in [0.1, 0.15) is 41.8 Å². The molecule has 0 spiro atoms. The van der Waals surface area contributed by atoms with Gasteiger partial charge in [-0.05, 0) is 43.7 Å². The summed E-state index contributed by atoms with van der Waals surface area (Å²) in [6, 6.07) is 5.64. The highest BCUT2D eigenvalue weighted by atomic mass is 16.5. The topological polar surface area (TPSA) is 46.6 Å². The van der Waals surface area contributed by atoms with E-state index in [0.717, 1.165) is 30.6 Å². The zero-order valence-corrected chi connectivity index (χ0v) is 13.9. The van der Waals surface area contributed by atoms with E-state index < -0.39 is 5.97 Å². The zero-order valence-electron chi connectivity index (χ0n) is 13.9. The number of carbonyl (C=O) groups is 2. The van der Waals surface area contributed by atoms with Crippen molar-refractivity contribution in [3.05, 3.63) is 34.9 Å². The molecule has 1 saturated heterocycles. The fourth-order valence-electron chi connectivity index (χ4n) is 3.12. The molecule has 1 aromatic rings. The van der Waals surface area contributed by atoms with E-state index in [9.17, 15) is 9.59 Å². The van der Waals surface area contributed by atoms with Gasteiger partial charge in [-0.2, -0.15) is 0 Å². The second-order valence-electron chi connectivity index (χ2n) is 6.64. The number of benzene rings is 1. The Morgan fingerprint density at radius 1 is 1.18 bits per heavy atom. The van der Waals surface area contributed by atoms with Crippen LogP contribution in [0.3, 0.4) is 0 Å². The maximum atomic E-state index is 12.2. The quantitative estimate of drug-likeness (QED) is 0.807. The van der Waals surface area contributed by atoms with Crippen molar-refractivity contribution in [1.29, 1.82) is 0 Å². The van der Waals surface area contributed by atoms with Crippen LogP contribution in [-0.2, 0) is 9.53 Å². The first-order valence-corrected chi connectivity index (χ1v) is 7.89. The first-order chi connectivity index (χ1) is 10.4. The predicted octanol–water partition coefficient (Wildman–Crippen LogP) is 2.96. The molecule has 1 aliphatic rings. The molecule has 4 heteroatoms. The van der Waals surface area contributed by atoms with Crippen molar-refractivity contribution >= 4 is 11.9 Å². The van der Waals surface area contributed by atoms with E-state index >= 15 is 0 Å². The lowest BCUT2D eigenvalue weighted by molar-refractivity contribution is -0.137. The summed E-state index contributed by atoms with van der Waals surface area (Å²) in [7, 11) is 0. The van der Waals surface area contributed by atoms with Gasteiger partial charge in [0.25, 0.3) is 5.91 Å². The highest BCUT2D eigenvalue weighted by Gasteiger charge is 2.26. The van der Waals surface area contributed by atoms with Crippen LogP contribution in [0.4, 0.5) is 0 Å². The van der Waals surface area contributed by atoms with Crippen LogP contribution < -0.4 is 0 Å². The van der Waals surface area contributed by atoms with Gasteiger partial charge in [-0.1, -0.05) is 31.5 Å². The second-order valence-corrected chi connectivity index (χ2v) is 6.64. The van der Waals surface area contributed by atoms with Gasteiger partial charge < -0.3 is 9.64 Å².